The van der Waals surface area contributed by atoms with Gasteiger partial charge in [-0.3, -0.25) is 0 Å². The molecule has 1 atom stereocenters. The van der Waals surface area contributed by atoms with Crippen molar-refractivity contribution in [1.82, 2.24) is 14.9 Å². The molecule has 8 heteroatoms. The summed E-state index contributed by atoms with van der Waals surface area (Å²) in [6.07, 6.45) is -2.10. The Bertz CT molecular complexity index is 773. The van der Waals surface area contributed by atoms with Gasteiger partial charge in [0.05, 0.1) is 22.3 Å². The molecule has 0 spiro atoms. The van der Waals surface area contributed by atoms with Crippen LogP contribution in [0.2, 0.25) is 5.02 Å². The summed E-state index contributed by atoms with van der Waals surface area (Å²) in [6.45, 7) is 3.86. The molecule has 2 aromatic rings. The van der Waals surface area contributed by atoms with Gasteiger partial charge < -0.3 is 9.88 Å². The predicted octanol–water partition coefficient (Wildman–Crippen LogP) is 5.00. The molecule has 3 nitrogen and oxygen atoms in total. The highest BCUT2D eigenvalue weighted by Crippen LogP contribution is 2.35. The highest BCUT2D eigenvalue weighted by molar-refractivity contribution is 14.1. The molecule has 136 valence electrons. The number of hydrogen-bond acceptors (Lipinski definition) is 2. The van der Waals surface area contributed by atoms with Crippen LogP contribution in [0.5, 0.6) is 0 Å². The summed E-state index contributed by atoms with van der Waals surface area (Å²) in [5.74, 6) is 1.09. The first kappa shape index (κ1) is 19.0. The fourth-order valence-corrected chi connectivity index (χ4v) is 4.53. The summed E-state index contributed by atoms with van der Waals surface area (Å²) in [7, 11) is 0. The van der Waals surface area contributed by atoms with Crippen molar-refractivity contribution in [3.63, 3.8) is 0 Å². The predicted molar refractivity (Wildman–Crippen MR) is 99.8 cm³/mol. The number of rotatable bonds is 4. The lowest BCUT2D eigenvalue weighted by molar-refractivity contribution is -0.137. The minimum absolute atomic E-state index is 0.148. The standard InChI is InChI=1S/C17H18ClF3IN3/c1-2-14-24-16(22)15-13(23-7-8-25(14)15)6-4-10-3-5-11(12(18)9-10)17(19,20)21/h3,5,9,13,23H,2,4,6-8H2,1H3. The molecule has 0 fully saturated rings. The third-order valence-electron chi connectivity index (χ3n) is 4.47. The SMILES string of the molecule is CCc1nc(I)c2n1CCNC2CCc1ccc(C(F)(F)F)c(Cl)c1. The summed E-state index contributed by atoms with van der Waals surface area (Å²) < 4.78 is 41.7. The van der Waals surface area contributed by atoms with E-state index in [1.54, 1.807) is 0 Å². The molecule has 25 heavy (non-hydrogen) atoms. The third-order valence-corrected chi connectivity index (χ3v) is 5.58. The van der Waals surface area contributed by atoms with E-state index >= 15 is 0 Å². The Morgan fingerprint density at radius 1 is 1.40 bits per heavy atom. The van der Waals surface area contributed by atoms with Crippen LogP contribution in [0.15, 0.2) is 18.2 Å². The highest BCUT2D eigenvalue weighted by Gasteiger charge is 2.33. The normalized spacial score (nSPS) is 17.6. The third kappa shape index (κ3) is 3.98. The van der Waals surface area contributed by atoms with Crippen molar-refractivity contribution in [2.45, 2.75) is 44.9 Å². The Kier molecular flexibility index (Phi) is 5.65. The van der Waals surface area contributed by atoms with Crippen molar-refractivity contribution in [3.05, 3.63) is 49.6 Å². The molecule has 0 amide bonds. The number of nitrogens with one attached hydrogen (secondary N) is 1. The Morgan fingerprint density at radius 3 is 2.80 bits per heavy atom. The summed E-state index contributed by atoms with van der Waals surface area (Å²) >= 11 is 8.07. The molecule has 1 aliphatic heterocycles. The second-order valence-corrected chi connectivity index (χ2v) is 7.50. The Balaban J connectivity index is 1.76. The Labute approximate surface area is 163 Å². The van der Waals surface area contributed by atoms with Crippen LogP contribution in [0.1, 0.15) is 42.0 Å². The van der Waals surface area contributed by atoms with Gasteiger partial charge in [-0.05, 0) is 53.1 Å². The summed E-state index contributed by atoms with van der Waals surface area (Å²) in [4.78, 5) is 4.63. The first-order valence-electron chi connectivity index (χ1n) is 8.15. The van der Waals surface area contributed by atoms with Gasteiger partial charge in [0.25, 0.3) is 0 Å². The van der Waals surface area contributed by atoms with Crippen LogP contribution < -0.4 is 5.32 Å². The molecular formula is C17H18ClF3IN3. The van der Waals surface area contributed by atoms with E-state index < -0.39 is 11.7 Å². The molecular weight excluding hydrogens is 466 g/mol. The van der Waals surface area contributed by atoms with E-state index in [1.807, 2.05) is 0 Å². The fraction of sp³-hybridized carbons (Fsp3) is 0.471. The van der Waals surface area contributed by atoms with E-state index in [1.165, 1.54) is 17.8 Å². The van der Waals surface area contributed by atoms with Crippen LogP contribution in [-0.4, -0.2) is 16.1 Å². The molecule has 0 saturated heterocycles. The minimum atomic E-state index is -4.42. The van der Waals surface area contributed by atoms with Crippen molar-refractivity contribution in [2.75, 3.05) is 6.54 Å². The van der Waals surface area contributed by atoms with Gasteiger partial charge in [-0.25, -0.2) is 4.98 Å². The average Bonchev–Trinajstić information content (AvgIpc) is 2.89. The Hall–Kier alpha value is -0.800. The smallest absolute Gasteiger partial charge is 0.328 e. The van der Waals surface area contributed by atoms with E-state index in [-0.39, 0.29) is 11.1 Å². The molecule has 1 N–H and O–H groups in total. The van der Waals surface area contributed by atoms with Crippen LogP contribution in [0.25, 0.3) is 0 Å². The monoisotopic (exact) mass is 483 g/mol. The molecule has 0 bridgehead atoms. The number of imidazole rings is 1. The van der Waals surface area contributed by atoms with Crippen molar-refractivity contribution in [3.8, 4) is 0 Å². The molecule has 1 aromatic carbocycles. The van der Waals surface area contributed by atoms with Crippen molar-refractivity contribution in [2.24, 2.45) is 0 Å². The zero-order valence-corrected chi connectivity index (χ0v) is 16.5. The number of benzene rings is 1. The van der Waals surface area contributed by atoms with Crippen LogP contribution in [0, 0.1) is 3.70 Å². The van der Waals surface area contributed by atoms with Crippen molar-refractivity contribution < 1.29 is 13.2 Å². The van der Waals surface area contributed by atoms with Gasteiger partial charge in [-0.2, -0.15) is 13.2 Å². The van der Waals surface area contributed by atoms with E-state index in [2.05, 4.69) is 44.4 Å². The Morgan fingerprint density at radius 2 is 2.16 bits per heavy atom. The molecule has 1 unspecified atom stereocenters. The average molecular weight is 484 g/mol. The van der Waals surface area contributed by atoms with Crippen LogP contribution in [-0.2, 0) is 25.6 Å². The maximum Gasteiger partial charge on any atom is 0.417 e. The number of halogens is 5. The second kappa shape index (κ2) is 7.44. The molecule has 3 rings (SSSR count). The van der Waals surface area contributed by atoms with Crippen LogP contribution in [0.4, 0.5) is 13.2 Å². The topological polar surface area (TPSA) is 29.9 Å². The highest BCUT2D eigenvalue weighted by atomic mass is 127. The van der Waals surface area contributed by atoms with E-state index in [0.717, 1.165) is 47.1 Å². The van der Waals surface area contributed by atoms with Gasteiger partial charge >= 0.3 is 6.18 Å². The van der Waals surface area contributed by atoms with E-state index in [0.29, 0.717) is 6.42 Å². The number of alkyl halides is 3. The van der Waals surface area contributed by atoms with Gasteiger partial charge in [-0.1, -0.05) is 24.6 Å². The van der Waals surface area contributed by atoms with Crippen molar-refractivity contribution in [1.29, 1.82) is 0 Å². The maximum absolute atomic E-state index is 12.8. The zero-order valence-electron chi connectivity index (χ0n) is 13.6. The van der Waals surface area contributed by atoms with Crippen LogP contribution in [0.3, 0.4) is 0 Å². The first-order valence-corrected chi connectivity index (χ1v) is 9.60. The second-order valence-electron chi connectivity index (χ2n) is 6.07. The van der Waals surface area contributed by atoms with Crippen LogP contribution >= 0.6 is 34.2 Å². The molecule has 0 radical (unpaired) electrons. The summed E-state index contributed by atoms with van der Waals surface area (Å²) in [5, 5.41) is 3.25. The van der Waals surface area contributed by atoms with E-state index in [4.69, 9.17) is 11.6 Å². The van der Waals surface area contributed by atoms with Gasteiger partial charge in [0, 0.05) is 19.5 Å². The molecule has 0 saturated carbocycles. The molecule has 0 aliphatic carbocycles. The van der Waals surface area contributed by atoms with Crippen molar-refractivity contribution >= 4 is 34.2 Å². The fourth-order valence-electron chi connectivity index (χ4n) is 3.27. The van der Waals surface area contributed by atoms with E-state index in [9.17, 15) is 13.2 Å². The van der Waals surface area contributed by atoms with Gasteiger partial charge in [0.2, 0.25) is 0 Å². The largest absolute Gasteiger partial charge is 0.417 e. The summed E-state index contributed by atoms with van der Waals surface area (Å²) in [5.41, 5.74) is 1.21. The number of aryl methyl sites for hydroxylation is 2. The molecule has 1 aliphatic rings. The lowest BCUT2D eigenvalue weighted by Crippen LogP contribution is -2.34. The maximum atomic E-state index is 12.8. The van der Waals surface area contributed by atoms with Gasteiger partial charge in [0.15, 0.2) is 0 Å². The lowest BCUT2D eigenvalue weighted by Gasteiger charge is -2.27. The molecule has 2 heterocycles. The first-order chi connectivity index (χ1) is 11.8. The van der Waals surface area contributed by atoms with Gasteiger partial charge in [-0.15, -0.1) is 0 Å². The number of aromatic nitrogens is 2. The number of hydrogen-bond donors (Lipinski definition) is 1. The van der Waals surface area contributed by atoms with Gasteiger partial charge in [0.1, 0.15) is 9.53 Å². The number of fused-ring (bicyclic) bond motifs is 1. The quantitative estimate of drug-likeness (QED) is 0.621. The summed E-state index contributed by atoms with van der Waals surface area (Å²) in [6, 6.07) is 4.15. The minimum Gasteiger partial charge on any atom is -0.328 e. The lowest BCUT2D eigenvalue weighted by atomic mass is 10.0. The zero-order chi connectivity index (χ0) is 18.2. The molecule has 1 aromatic heterocycles. The number of nitrogens with zero attached hydrogens (tertiary/aromatic N) is 2.